The third-order valence-electron chi connectivity index (χ3n) is 6.73. The quantitative estimate of drug-likeness (QED) is 0.236. The first-order valence-electron chi connectivity index (χ1n) is 13.1. The van der Waals surface area contributed by atoms with Crippen molar-refractivity contribution in [3.05, 3.63) is 77.2 Å². The van der Waals surface area contributed by atoms with E-state index in [2.05, 4.69) is 43.6 Å². The molecular formula is C30H40FN2O4P. The molecule has 3 rings (SSSR count). The molecule has 0 bridgehead atoms. The van der Waals surface area contributed by atoms with E-state index in [1.54, 1.807) is 13.0 Å². The summed E-state index contributed by atoms with van der Waals surface area (Å²) in [6.07, 6.45) is 2.26. The van der Waals surface area contributed by atoms with Gasteiger partial charge in [-0.25, -0.2) is 9.37 Å². The van der Waals surface area contributed by atoms with Gasteiger partial charge in [-0.05, 0) is 68.5 Å². The van der Waals surface area contributed by atoms with Gasteiger partial charge >= 0.3 is 0 Å². The fourth-order valence-corrected chi connectivity index (χ4v) is 5.37. The van der Waals surface area contributed by atoms with Crippen molar-refractivity contribution in [3.8, 4) is 22.8 Å². The van der Waals surface area contributed by atoms with E-state index < -0.39 is 13.2 Å². The molecule has 0 fully saturated rings. The van der Waals surface area contributed by atoms with Crippen LogP contribution in [0.15, 0.2) is 54.7 Å². The Bertz CT molecular complexity index is 1260. The number of hydrogen-bond donors (Lipinski definition) is 1. The predicted octanol–water partition coefficient (Wildman–Crippen LogP) is 6.93. The van der Waals surface area contributed by atoms with Crippen molar-refractivity contribution < 1.29 is 23.3 Å². The lowest BCUT2D eigenvalue weighted by molar-refractivity contribution is 0.166. The molecule has 0 saturated heterocycles. The van der Waals surface area contributed by atoms with Crippen LogP contribution < -0.4 is 9.47 Å². The van der Waals surface area contributed by atoms with E-state index in [1.165, 1.54) is 13.3 Å². The first-order valence-corrected chi connectivity index (χ1v) is 15.2. The van der Waals surface area contributed by atoms with Gasteiger partial charge in [0.2, 0.25) is 13.2 Å². The van der Waals surface area contributed by atoms with Crippen LogP contribution in [0.2, 0.25) is 0 Å². The lowest BCUT2D eigenvalue weighted by Crippen LogP contribution is -2.36. The van der Waals surface area contributed by atoms with Crippen molar-refractivity contribution in [2.24, 2.45) is 0 Å². The number of methoxy groups -OCH3 is 1. The fraction of sp³-hybridized carbons (Fsp3) is 0.433. The minimum Gasteiger partial charge on any atom is -0.489 e. The molecule has 0 aliphatic carbocycles. The Morgan fingerprint density at radius 2 is 1.76 bits per heavy atom. The summed E-state index contributed by atoms with van der Waals surface area (Å²) in [6, 6.07) is 15.9. The smallest absolute Gasteiger partial charge is 0.213 e. The standard InChI is InChI=1S/C30H40FN2O4P/c1-7-38(34,35)14-13-23-9-8-10-26(16-23)37-20-24-11-12-27(28-17-30(36-6)32-18-29(28)31)25(15-24)19-33(21(2)3)22(4)5/h8-12,15-18,21-22H,7,13-14,19-20H2,1-6H3,(H,34,35). The summed E-state index contributed by atoms with van der Waals surface area (Å²) in [7, 11) is -1.55. The summed E-state index contributed by atoms with van der Waals surface area (Å²) in [5, 5.41) is 0. The first-order chi connectivity index (χ1) is 18.0. The van der Waals surface area contributed by atoms with E-state index in [1.807, 2.05) is 36.4 Å². The maximum atomic E-state index is 14.9. The van der Waals surface area contributed by atoms with Crippen LogP contribution in [-0.2, 0) is 24.1 Å². The van der Waals surface area contributed by atoms with Crippen LogP contribution in [0.5, 0.6) is 11.6 Å². The Balaban J connectivity index is 1.88. The van der Waals surface area contributed by atoms with Gasteiger partial charge in [-0.3, -0.25) is 9.46 Å². The zero-order chi connectivity index (χ0) is 27.9. The molecular weight excluding hydrogens is 502 g/mol. The second-order valence-electron chi connectivity index (χ2n) is 10.1. The van der Waals surface area contributed by atoms with Crippen molar-refractivity contribution in [1.82, 2.24) is 9.88 Å². The van der Waals surface area contributed by atoms with Gasteiger partial charge in [-0.1, -0.05) is 37.3 Å². The number of halogens is 1. The summed E-state index contributed by atoms with van der Waals surface area (Å²) >= 11 is 0. The SMILES string of the molecule is CCP(=O)(O)CCc1cccc(OCc2ccc(-c3cc(OC)ncc3F)c(CN(C(C)C)C(C)C)c2)c1. The largest absolute Gasteiger partial charge is 0.489 e. The van der Waals surface area contributed by atoms with Crippen LogP contribution >= 0.6 is 7.37 Å². The second kappa shape index (κ2) is 13.4. The summed E-state index contributed by atoms with van der Waals surface area (Å²) in [4.78, 5) is 16.3. The summed E-state index contributed by atoms with van der Waals surface area (Å²) in [6.45, 7) is 11.4. The highest BCUT2D eigenvalue weighted by Crippen LogP contribution is 2.40. The van der Waals surface area contributed by atoms with Gasteiger partial charge in [-0.2, -0.15) is 0 Å². The summed E-state index contributed by atoms with van der Waals surface area (Å²) in [5.74, 6) is 0.665. The molecule has 1 aromatic heterocycles. The van der Waals surface area contributed by atoms with Crippen molar-refractivity contribution >= 4 is 7.37 Å². The minimum atomic E-state index is -3.07. The first kappa shape index (κ1) is 29.8. The number of benzene rings is 2. The molecule has 0 saturated carbocycles. The highest BCUT2D eigenvalue weighted by molar-refractivity contribution is 7.57. The van der Waals surface area contributed by atoms with Crippen LogP contribution in [0.3, 0.4) is 0 Å². The average Bonchev–Trinajstić information content (AvgIpc) is 2.90. The summed E-state index contributed by atoms with van der Waals surface area (Å²) in [5.41, 5.74) is 4.17. The summed E-state index contributed by atoms with van der Waals surface area (Å²) < 4.78 is 38.3. The zero-order valence-electron chi connectivity index (χ0n) is 23.3. The van der Waals surface area contributed by atoms with Gasteiger partial charge in [-0.15, -0.1) is 0 Å². The predicted molar refractivity (Wildman–Crippen MR) is 152 cm³/mol. The monoisotopic (exact) mass is 542 g/mol. The van der Waals surface area contributed by atoms with Gasteiger partial charge in [0.25, 0.3) is 0 Å². The van der Waals surface area contributed by atoms with Crippen molar-refractivity contribution in [2.45, 2.75) is 66.3 Å². The molecule has 0 amide bonds. The fourth-order valence-electron chi connectivity index (χ4n) is 4.45. The Morgan fingerprint density at radius 1 is 1.03 bits per heavy atom. The molecule has 206 valence electrons. The van der Waals surface area contributed by atoms with Crippen LogP contribution in [0, 0.1) is 5.82 Å². The molecule has 2 aromatic carbocycles. The zero-order valence-corrected chi connectivity index (χ0v) is 24.2. The Hall–Kier alpha value is -2.73. The van der Waals surface area contributed by atoms with Crippen molar-refractivity contribution in [1.29, 1.82) is 0 Å². The number of aryl methyl sites for hydroxylation is 1. The van der Waals surface area contributed by atoms with E-state index in [4.69, 9.17) is 9.47 Å². The molecule has 1 N–H and O–H groups in total. The number of hydrogen-bond acceptors (Lipinski definition) is 5. The molecule has 8 heteroatoms. The van der Waals surface area contributed by atoms with Crippen LogP contribution in [-0.4, -0.2) is 46.3 Å². The molecule has 0 aliphatic heterocycles. The molecule has 0 spiro atoms. The molecule has 1 unspecified atom stereocenters. The lowest BCUT2D eigenvalue weighted by Gasteiger charge is -2.31. The van der Waals surface area contributed by atoms with Crippen molar-refractivity contribution in [3.63, 3.8) is 0 Å². The normalized spacial score (nSPS) is 13.2. The maximum absolute atomic E-state index is 14.9. The number of nitrogens with zero attached hydrogens (tertiary/aromatic N) is 2. The van der Waals surface area contributed by atoms with Crippen molar-refractivity contribution in [2.75, 3.05) is 19.4 Å². The molecule has 0 aliphatic rings. The van der Waals surface area contributed by atoms with E-state index in [-0.39, 0.29) is 12.3 Å². The van der Waals surface area contributed by atoms with E-state index in [9.17, 15) is 13.8 Å². The van der Waals surface area contributed by atoms with E-state index >= 15 is 0 Å². The molecule has 1 atom stereocenters. The molecule has 1 heterocycles. The van der Waals surface area contributed by atoms with Crippen LogP contribution in [0.1, 0.15) is 51.3 Å². The molecule has 38 heavy (non-hydrogen) atoms. The number of ether oxygens (including phenoxy) is 2. The highest BCUT2D eigenvalue weighted by Gasteiger charge is 2.19. The Morgan fingerprint density at radius 3 is 2.42 bits per heavy atom. The second-order valence-corrected chi connectivity index (χ2v) is 12.9. The van der Waals surface area contributed by atoms with Crippen LogP contribution in [0.25, 0.3) is 11.1 Å². The van der Waals surface area contributed by atoms with E-state index in [0.29, 0.717) is 48.8 Å². The van der Waals surface area contributed by atoms with Gasteiger partial charge in [0, 0.05) is 42.6 Å². The number of aromatic nitrogens is 1. The molecule has 0 radical (unpaired) electrons. The lowest BCUT2D eigenvalue weighted by atomic mass is 9.96. The Labute approximate surface area is 226 Å². The average molecular weight is 543 g/mol. The third kappa shape index (κ3) is 8.13. The molecule has 6 nitrogen and oxygen atoms in total. The van der Waals surface area contributed by atoms with Gasteiger partial charge in [0.1, 0.15) is 18.2 Å². The van der Waals surface area contributed by atoms with Gasteiger partial charge in [0.05, 0.1) is 13.3 Å². The van der Waals surface area contributed by atoms with Crippen LogP contribution in [0.4, 0.5) is 4.39 Å². The Kier molecular flexibility index (Phi) is 10.5. The maximum Gasteiger partial charge on any atom is 0.213 e. The topological polar surface area (TPSA) is 71.9 Å². The highest BCUT2D eigenvalue weighted by atomic mass is 31.2. The molecule has 3 aromatic rings. The minimum absolute atomic E-state index is 0.260. The van der Waals surface area contributed by atoms with E-state index in [0.717, 1.165) is 22.3 Å². The van der Waals surface area contributed by atoms with Gasteiger partial charge in [0.15, 0.2) is 0 Å². The number of rotatable bonds is 13. The third-order valence-corrected chi connectivity index (χ3v) is 8.64. The van der Waals surface area contributed by atoms with Gasteiger partial charge < -0.3 is 14.4 Å². The number of pyridine rings is 1.